The Morgan fingerprint density at radius 1 is 0.930 bits per heavy atom. The molecule has 4 heteroatoms. The van der Waals surface area contributed by atoms with E-state index in [9.17, 15) is 10.5 Å². The number of rotatable bonds is 3. The average molecular weight is 563 g/mol. The van der Waals surface area contributed by atoms with Crippen molar-refractivity contribution in [2.24, 2.45) is 17.8 Å². The molecule has 3 aromatic rings. The zero-order chi connectivity index (χ0) is 29.1. The maximum absolute atomic E-state index is 9.86. The molecule has 5 aliphatic rings. The van der Waals surface area contributed by atoms with Gasteiger partial charge in [0.15, 0.2) is 0 Å². The van der Waals surface area contributed by atoms with Gasteiger partial charge in [-0.1, -0.05) is 50.1 Å². The highest BCUT2D eigenvalue weighted by molar-refractivity contribution is 6.02. The Kier molecular flexibility index (Phi) is 6.41. The van der Waals surface area contributed by atoms with E-state index in [4.69, 9.17) is 0 Å². The minimum atomic E-state index is -0.123. The number of nitriles is 2. The quantitative estimate of drug-likeness (QED) is 0.320. The smallest absolute Gasteiger partial charge is 0.0991 e. The summed E-state index contributed by atoms with van der Waals surface area (Å²) >= 11 is 0. The van der Waals surface area contributed by atoms with Crippen LogP contribution < -0.4 is 4.90 Å². The first-order valence-corrected chi connectivity index (χ1v) is 16.3. The van der Waals surface area contributed by atoms with Gasteiger partial charge in [-0.3, -0.25) is 0 Å². The number of hydrogen-bond acceptors (Lipinski definition) is 3. The fourth-order valence-electron chi connectivity index (χ4n) is 8.91. The summed E-state index contributed by atoms with van der Waals surface area (Å²) in [6.45, 7) is 2.31. The zero-order valence-corrected chi connectivity index (χ0v) is 25.0. The molecule has 4 unspecified atom stereocenters. The number of anilines is 1. The second-order valence-corrected chi connectivity index (χ2v) is 13.3. The van der Waals surface area contributed by atoms with Crippen LogP contribution >= 0.6 is 0 Å². The first-order valence-electron chi connectivity index (χ1n) is 16.3. The molecule has 1 fully saturated rings. The standard InChI is InChI=1S/C39H38N4/c1-25-18-33(28-9-7-11-30(22-28)42-35-14-4-2-12-31(35)32-13-3-5-15-36(32)42)39-34-21-27(24-41)16-17-37(34)43(38(39)19-25)29-10-6-8-26(20-29)23-40/h6-11,16-18,21-22,25-26,31,35H,2-5,12-15,19-20H2,1H3. The molecule has 43 heavy (non-hydrogen) atoms. The Morgan fingerprint density at radius 2 is 1.81 bits per heavy atom. The minimum Gasteiger partial charge on any atom is -0.341 e. The minimum absolute atomic E-state index is 0.123. The van der Waals surface area contributed by atoms with Crippen LogP contribution in [-0.4, -0.2) is 10.6 Å². The van der Waals surface area contributed by atoms with Crippen molar-refractivity contribution in [2.75, 3.05) is 4.90 Å². The van der Waals surface area contributed by atoms with Crippen molar-refractivity contribution in [2.45, 2.75) is 77.2 Å². The molecule has 1 aromatic heterocycles. The number of nitrogens with zero attached hydrogens (tertiary/aromatic N) is 4. The highest BCUT2D eigenvalue weighted by atomic mass is 15.2. The summed E-state index contributed by atoms with van der Waals surface area (Å²) in [4.78, 5) is 2.76. The maximum atomic E-state index is 9.86. The Bertz CT molecular complexity index is 1850. The molecule has 0 amide bonds. The van der Waals surface area contributed by atoms with Crippen molar-refractivity contribution in [3.63, 3.8) is 0 Å². The van der Waals surface area contributed by atoms with Crippen LogP contribution in [0.15, 0.2) is 78.0 Å². The van der Waals surface area contributed by atoms with Crippen molar-refractivity contribution in [1.29, 1.82) is 10.5 Å². The zero-order valence-electron chi connectivity index (χ0n) is 25.0. The highest BCUT2D eigenvalue weighted by Crippen LogP contribution is 2.50. The number of allylic oxidation sites excluding steroid dienone is 6. The SMILES string of the molecule is CC1C=C(c2cccc(N3C4=C(CCCC4)C4CCCCC43)c2)c2c(n(C3=CC=CC(C#N)C3)c3ccc(C#N)cc23)C1. The van der Waals surface area contributed by atoms with Crippen molar-refractivity contribution in [3.05, 3.63) is 100 Å². The molecule has 1 saturated carbocycles. The summed E-state index contributed by atoms with van der Waals surface area (Å²) in [5.41, 5.74) is 12.8. The first-order chi connectivity index (χ1) is 21.1. The van der Waals surface area contributed by atoms with Crippen LogP contribution in [0.3, 0.4) is 0 Å². The van der Waals surface area contributed by atoms with E-state index in [2.05, 4.69) is 77.1 Å². The Hall–Kier alpha value is -4.28. The Labute approximate surface area is 254 Å². The second-order valence-electron chi connectivity index (χ2n) is 13.3. The summed E-state index contributed by atoms with van der Waals surface area (Å²) in [6, 6.07) is 20.9. The van der Waals surface area contributed by atoms with Gasteiger partial charge < -0.3 is 9.47 Å². The molecule has 214 valence electrons. The fraction of sp³-hybridized carbons (Fsp3) is 0.385. The molecule has 1 aliphatic heterocycles. The van der Waals surface area contributed by atoms with E-state index in [-0.39, 0.29) is 5.92 Å². The lowest BCUT2D eigenvalue weighted by Gasteiger charge is -2.35. The highest BCUT2D eigenvalue weighted by Gasteiger charge is 2.42. The normalized spacial score (nSPS) is 26.3. The van der Waals surface area contributed by atoms with Crippen molar-refractivity contribution in [3.8, 4) is 12.1 Å². The Morgan fingerprint density at radius 3 is 2.70 bits per heavy atom. The van der Waals surface area contributed by atoms with Crippen LogP contribution in [0.5, 0.6) is 0 Å². The third-order valence-electron chi connectivity index (χ3n) is 10.7. The molecule has 4 aliphatic carbocycles. The van der Waals surface area contributed by atoms with Gasteiger partial charge in [-0.25, -0.2) is 0 Å². The van der Waals surface area contributed by atoms with Crippen LogP contribution in [0.1, 0.15) is 87.1 Å². The van der Waals surface area contributed by atoms with E-state index in [1.807, 2.05) is 18.2 Å². The van der Waals surface area contributed by atoms with Crippen LogP contribution in [0.2, 0.25) is 0 Å². The Balaban J connectivity index is 1.28. The molecule has 0 saturated heterocycles. The molecular weight excluding hydrogens is 524 g/mol. The summed E-state index contributed by atoms with van der Waals surface area (Å²) in [5.74, 6) is 0.992. The predicted molar refractivity (Wildman–Crippen MR) is 174 cm³/mol. The number of fused-ring (bicyclic) bond motifs is 5. The van der Waals surface area contributed by atoms with Gasteiger partial charge in [-0.05, 0) is 104 Å². The second kappa shape index (κ2) is 10.5. The van der Waals surface area contributed by atoms with Gasteiger partial charge in [0.2, 0.25) is 0 Å². The first kappa shape index (κ1) is 26.4. The number of hydrogen-bond donors (Lipinski definition) is 0. The average Bonchev–Trinajstić information content (AvgIpc) is 3.56. The fourth-order valence-corrected chi connectivity index (χ4v) is 8.91. The molecule has 0 bridgehead atoms. The van der Waals surface area contributed by atoms with Gasteiger partial charge >= 0.3 is 0 Å². The molecule has 0 radical (unpaired) electrons. The molecule has 2 heterocycles. The summed E-state index contributed by atoms with van der Waals surface area (Å²) < 4.78 is 2.40. The molecule has 0 spiro atoms. The lowest BCUT2D eigenvalue weighted by atomic mass is 9.79. The lowest BCUT2D eigenvalue weighted by Crippen LogP contribution is -2.36. The van der Waals surface area contributed by atoms with Gasteiger partial charge in [0, 0.05) is 52.1 Å². The summed E-state index contributed by atoms with van der Waals surface area (Å²) in [6.07, 6.45) is 20.8. The van der Waals surface area contributed by atoms with Crippen LogP contribution in [-0.2, 0) is 6.42 Å². The van der Waals surface area contributed by atoms with Gasteiger partial charge in [0.25, 0.3) is 0 Å². The van der Waals surface area contributed by atoms with Gasteiger partial charge in [-0.2, -0.15) is 10.5 Å². The number of aromatic nitrogens is 1. The van der Waals surface area contributed by atoms with E-state index in [0.717, 1.165) is 28.9 Å². The largest absolute Gasteiger partial charge is 0.341 e. The summed E-state index contributed by atoms with van der Waals surface area (Å²) in [7, 11) is 0. The maximum Gasteiger partial charge on any atom is 0.0991 e. The van der Waals surface area contributed by atoms with E-state index < -0.39 is 0 Å². The lowest BCUT2D eigenvalue weighted by molar-refractivity contribution is 0.357. The third-order valence-corrected chi connectivity index (χ3v) is 10.7. The van der Waals surface area contributed by atoms with Gasteiger partial charge in [0.1, 0.15) is 0 Å². The van der Waals surface area contributed by atoms with Crippen LogP contribution in [0, 0.1) is 40.4 Å². The monoisotopic (exact) mass is 562 g/mol. The van der Waals surface area contributed by atoms with Crippen LogP contribution in [0.25, 0.3) is 22.2 Å². The third kappa shape index (κ3) is 4.23. The van der Waals surface area contributed by atoms with E-state index in [1.54, 1.807) is 11.3 Å². The van der Waals surface area contributed by atoms with Crippen LogP contribution in [0.4, 0.5) is 5.69 Å². The van der Waals surface area contributed by atoms with E-state index in [1.165, 1.54) is 79.4 Å². The van der Waals surface area contributed by atoms with Crippen molar-refractivity contribution >= 4 is 27.9 Å². The molecule has 4 nitrogen and oxygen atoms in total. The van der Waals surface area contributed by atoms with E-state index in [0.29, 0.717) is 23.9 Å². The molecule has 2 aromatic carbocycles. The topological polar surface area (TPSA) is 55.8 Å². The molecular formula is C39H38N4. The summed E-state index contributed by atoms with van der Waals surface area (Å²) in [5, 5.41) is 20.7. The molecule has 0 N–H and O–H groups in total. The van der Waals surface area contributed by atoms with Crippen molar-refractivity contribution < 1.29 is 0 Å². The van der Waals surface area contributed by atoms with Gasteiger partial charge in [-0.15, -0.1) is 0 Å². The molecule has 8 rings (SSSR count). The predicted octanol–water partition coefficient (Wildman–Crippen LogP) is 9.28. The van der Waals surface area contributed by atoms with E-state index >= 15 is 0 Å². The van der Waals surface area contributed by atoms with Crippen molar-refractivity contribution in [1.82, 2.24) is 4.57 Å². The molecule has 4 atom stereocenters. The van der Waals surface area contributed by atoms with Gasteiger partial charge in [0.05, 0.1) is 29.1 Å². The number of benzene rings is 2.